The lowest BCUT2D eigenvalue weighted by Crippen LogP contribution is -2.43. The van der Waals surface area contributed by atoms with Crippen molar-refractivity contribution in [3.8, 4) is 0 Å². The molecule has 1 heterocycles. The van der Waals surface area contributed by atoms with E-state index in [0.29, 0.717) is 18.0 Å². The average molecular weight is 226 g/mol. The second-order valence-corrected chi connectivity index (χ2v) is 5.37. The molecule has 0 bridgehead atoms. The van der Waals surface area contributed by atoms with Crippen LogP contribution < -0.4 is 10.6 Å². The molecule has 0 atom stereocenters. The first-order valence-corrected chi connectivity index (χ1v) is 6.26. The van der Waals surface area contributed by atoms with Gasteiger partial charge in [-0.3, -0.25) is 4.79 Å². The lowest BCUT2D eigenvalue weighted by Gasteiger charge is -2.23. The molecule has 1 aliphatic carbocycles. The Balaban J connectivity index is 1.56. The summed E-state index contributed by atoms with van der Waals surface area (Å²) in [7, 11) is 0. The molecule has 16 heavy (non-hydrogen) atoms. The smallest absolute Gasteiger partial charge is 0.234 e. The van der Waals surface area contributed by atoms with Gasteiger partial charge in [0.2, 0.25) is 5.91 Å². The number of carbonyl (C=O) groups is 1. The summed E-state index contributed by atoms with van der Waals surface area (Å²) in [6.07, 6.45) is 4.48. The van der Waals surface area contributed by atoms with Crippen LogP contribution in [0, 0.1) is 5.41 Å². The molecule has 2 N–H and O–H groups in total. The topological polar surface area (TPSA) is 50.4 Å². The number of amides is 1. The summed E-state index contributed by atoms with van der Waals surface area (Å²) in [5, 5.41) is 6.28. The maximum absolute atomic E-state index is 11.6. The van der Waals surface area contributed by atoms with E-state index >= 15 is 0 Å². The van der Waals surface area contributed by atoms with Gasteiger partial charge >= 0.3 is 0 Å². The highest BCUT2D eigenvalue weighted by atomic mass is 16.5. The fourth-order valence-corrected chi connectivity index (χ4v) is 1.99. The van der Waals surface area contributed by atoms with Crippen LogP contribution >= 0.6 is 0 Å². The Morgan fingerprint density at radius 3 is 2.69 bits per heavy atom. The molecule has 0 aromatic heterocycles. The number of hydrogen-bond acceptors (Lipinski definition) is 3. The second kappa shape index (κ2) is 5.15. The van der Waals surface area contributed by atoms with Crippen molar-refractivity contribution in [2.45, 2.75) is 38.6 Å². The minimum absolute atomic E-state index is 0.121. The zero-order valence-corrected chi connectivity index (χ0v) is 10.1. The Hall–Kier alpha value is -0.610. The van der Waals surface area contributed by atoms with Crippen molar-refractivity contribution in [1.82, 2.24) is 10.6 Å². The van der Waals surface area contributed by atoms with Crippen LogP contribution in [0.4, 0.5) is 0 Å². The van der Waals surface area contributed by atoms with Gasteiger partial charge in [0.05, 0.1) is 6.54 Å². The van der Waals surface area contributed by atoms with Crippen LogP contribution in [-0.2, 0) is 9.53 Å². The summed E-state index contributed by atoms with van der Waals surface area (Å²) in [4.78, 5) is 11.6. The van der Waals surface area contributed by atoms with Gasteiger partial charge < -0.3 is 15.4 Å². The molecule has 0 radical (unpaired) electrons. The predicted octanol–water partition coefficient (Wildman–Crippen LogP) is 0.671. The highest BCUT2D eigenvalue weighted by Crippen LogP contribution is 2.43. The van der Waals surface area contributed by atoms with Crippen molar-refractivity contribution >= 4 is 5.91 Å². The summed E-state index contributed by atoms with van der Waals surface area (Å²) < 4.78 is 5.25. The van der Waals surface area contributed by atoms with E-state index in [9.17, 15) is 4.79 Å². The summed E-state index contributed by atoms with van der Waals surface area (Å²) in [6.45, 7) is 5.23. The molecule has 1 saturated carbocycles. The van der Waals surface area contributed by atoms with Gasteiger partial charge in [-0.15, -0.1) is 0 Å². The number of ether oxygens (including phenoxy) is 1. The molecule has 2 fully saturated rings. The van der Waals surface area contributed by atoms with Gasteiger partial charge in [0.25, 0.3) is 0 Å². The second-order valence-electron chi connectivity index (χ2n) is 5.37. The summed E-state index contributed by atoms with van der Waals surface area (Å²) >= 11 is 0. The fraction of sp³-hybridized carbons (Fsp3) is 0.917. The van der Waals surface area contributed by atoms with Crippen molar-refractivity contribution in [1.29, 1.82) is 0 Å². The minimum Gasteiger partial charge on any atom is -0.381 e. The quantitative estimate of drug-likeness (QED) is 0.724. The molecule has 0 spiro atoms. The van der Waals surface area contributed by atoms with E-state index in [0.717, 1.165) is 32.6 Å². The first kappa shape index (κ1) is 11.9. The maximum Gasteiger partial charge on any atom is 0.234 e. The van der Waals surface area contributed by atoms with Crippen LogP contribution in [-0.4, -0.2) is 38.3 Å². The number of carbonyl (C=O) groups excluding carboxylic acids is 1. The van der Waals surface area contributed by atoms with Crippen LogP contribution in [0.5, 0.6) is 0 Å². The van der Waals surface area contributed by atoms with Crippen molar-refractivity contribution in [2.24, 2.45) is 5.41 Å². The van der Waals surface area contributed by atoms with Gasteiger partial charge in [-0.1, -0.05) is 6.92 Å². The van der Waals surface area contributed by atoms with Crippen molar-refractivity contribution in [3.05, 3.63) is 0 Å². The molecule has 4 nitrogen and oxygen atoms in total. The van der Waals surface area contributed by atoms with Gasteiger partial charge in [-0.25, -0.2) is 0 Å². The SMILES string of the molecule is CC1(CNCC(=O)NC2CCOCC2)CC1. The minimum atomic E-state index is 0.121. The molecular weight excluding hydrogens is 204 g/mol. The Morgan fingerprint density at radius 2 is 2.06 bits per heavy atom. The number of nitrogens with one attached hydrogen (secondary N) is 2. The normalized spacial score (nSPS) is 24.1. The molecule has 4 heteroatoms. The summed E-state index contributed by atoms with van der Waals surface area (Å²) in [6, 6.07) is 0.319. The molecule has 2 aliphatic rings. The molecule has 0 unspecified atom stereocenters. The van der Waals surface area contributed by atoms with Gasteiger partial charge in [-0.2, -0.15) is 0 Å². The highest BCUT2D eigenvalue weighted by Gasteiger charge is 2.36. The average Bonchev–Trinajstić information content (AvgIpc) is 2.98. The maximum atomic E-state index is 11.6. The molecule has 1 amide bonds. The van der Waals surface area contributed by atoms with Gasteiger partial charge in [0.1, 0.15) is 0 Å². The van der Waals surface area contributed by atoms with Gasteiger partial charge in [0, 0.05) is 25.8 Å². The first-order chi connectivity index (χ1) is 7.68. The molecule has 1 aliphatic heterocycles. The van der Waals surface area contributed by atoms with Gasteiger partial charge in [0.15, 0.2) is 0 Å². The summed E-state index contributed by atoms with van der Waals surface area (Å²) in [5.41, 5.74) is 0.471. The van der Waals surface area contributed by atoms with E-state index in [2.05, 4.69) is 17.6 Å². The highest BCUT2D eigenvalue weighted by molar-refractivity contribution is 5.78. The van der Waals surface area contributed by atoms with Crippen LogP contribution in [0.3, 0.4) is 0 Å². The molecule has 1 saturated heterocycles. The zero-order chi connectivity index (χ0) is 11.4. The van der Waals surface area contributed by atoms with Gasteiger partial charge in [-0.05, 0) is 31.1 Å². The lowest BCUT2D eigenvalue weighted by molar-refractivity contribution is -0.121. The third kappa shape index (κ3) is 3.76. The largest absolute Gasteiger partial charge is 0.381 e. The van der Waals surface area contributed by atoms with Crippen LogP contribution in [0.25, 0.3) is 0 Å². The van der Waals surface area contributed by atoms with E-state index < -0.39 is 0 Å². The Kier molecular flexibility index (Phi) is 3.82. The fourth-order valence-electron chi connectivity index (χ4n) is 1.99. The van der Waals surface area contributed by atoms with Crippen molar-refractivity contribution in [2.75, 3.05) is 26.3 Å². The standard InChI is InChI=1S/C12H22N2O2/c1-12(4-5-12)9-13-8-11(15)14-10-2-6-16-7-3-10/h10,13H,2-9H2,1H3,(H,14,15). The first-order valence-electron chi connectivity index (χ1n) is 6.26. The molecule has 2 rings (SSSR count). The zero-order valence-electron chi connectivity index (χ0n) is 10.1. The van der Waals surface area contributed by atoms with E-state index in [4.69, 9.17) is 4.74 Å². The Morgan fingerprint density at radius 1 is 1.38 bits per heavy atom. The predicted molar refractivity (Wildman–Crippen MR) is 62.2 cm³/mol. The molecule has 0 aromatic rings. The summed E-state index contributed by atoms with van der Waals surface area (Å²) in [5.74, 6) is 0.121. The Bertz CT molecular complexity index is 245. The van der Waals surface area contributed by atoms with E-state index in [1.54, 1.807) is 0 Å². The monoisotopic (exact) mass is 226 g/mol. The third-order valence-electron chi connectivity index (χ3n) is 3.53. The lowest BCUT2D eigenvalue weighted by atomic mass is 10.1. The van der Waals surface area contributed by atoms with E-state index in [-0.39, 0.29) is 5.91 Å². The van der Waals surface area contributed by atoms with E-state index in [1.807, 2.05) is 0 Å². The molecular formula is C12H22N2O2. The Labute approximate surface area is 97.1 Å². The van der Waals surface area contributed by atoms with Crippen LogP contribution in [0.2, 0.25) is 0 Å². The third-order valence-corrected chi connectivity index (χ3v) is 3.53. The van der Waals surface area contributed by atoms with E-state index in [1.165, 1.54) is 12.8 Å². The van der Waals surface area contributed by atoms with Crippen LogP contribution in [0.1, 0.15) is 32.6 Å². The molecule has 92 valence electrons. The van der Waals surface area contributed by atoms with Crippen LogP contribution in [0.15, 0.2) is 0 Å². The number of rotatable bonds is 5. The molecule has 0 aromatic carbocycles. The van der Waals surface area contributed by atoms with Crippen molar-refractivity contribution < 1.29 is 9.53 Å². The van der Waals surface area contributed by atoms with Crippen molar-refractivity contribution in [3.63, 3.8) is 0 Å². The number of hydrogen-bond donors (Lipinski definition) is 2.